The molecule has 1 aliphatic carbocycles. The van der Waals surface area contributed by atoms with Crippen LogP contribution in [-0.4, -0.2) is 59.7 Å². The normalized spacial score (nSPS) is 18.5. The van der Waals surface area contributed by atoms with Crippen LogP contribution in [0.4, 0.5) is 24.7 Å². The van der Waals surface area contributed by atoms with Gasteiger partial charge in [-0.25, -0.2) is 9.97 Å². The van der Waals surface area contributed by atoms with Gasteiger partial charge in [-0.15, -0.1) is 0 Å². The number of nitrogens with one attached hydrogen (secondary N) is 2. The zero-order valence-electron chi connectivity index (χ0n) is 21.2. The van der Waals surface area contributed by atoms with Crippen molar-refractivity contribution in [3.8, 4) is 0 Å². The summed E-state index contributed by atoms with van der Waals surface area (Å²) in [6.45, 7) is 3.40. The Kier molecular flexibility index (Phi) is 7.74. The summed E-state index contributed by atoms with van der Waals surface area (Å²) < 4.78 is 46.5. The molecule has 1 amide bonds. The van der Waals surface area contributed by atoms with Gasteiger partial charge >= 0.3 is 6.18 Å². The van der Waals surface area contributed by atoms with Gasteiger partial charge in [0.05, 0.1) is 36.5 Å². The standard InChI is InChI=1S/C24H30F3N7O4/c1-23(2,37)12-38-16-7-4-14(5-8-16)30-18(35)11-34-13-29-19-20(22(34)36)33(3)32-21(19)31-15-6-9-17(28-10-15)24(25,26)27/h6,9-10,13-14,16,37H,4-5,7-8,11-12H2,1-3H3,(H,30,35)(H,31,32)/t14-,16-. The molecule has 0 bridgehead atoms. The molecule has 3 aromatic rings. The SMILES string of the molecule is Cn1nc(Nc2ccc(C(F)(F)F)nc2)c2ncn(CC(=O)N[C@H]3CC[C@H](OCC(C)(C)O)CC3)c(=O)c21. The molecule has 0 spiro atoms. The zero-order chi connectivity index (χ0) is 27.7. The Labute approximate surface area is 216 Å². The van der Waals surface area contributed by atoms with E-state index in [2.05, 4.69) is 25.7 Å². The lowest BCUT2D eigenvalue weighted by Crippen LogP contribution is -2.42. The first-order chi connectivity index (χ1) is 17.8. The Morgan fingerprint density at radius 1 is 1.18 bits per heavy atom. The summed E-state index contributed by atoms with van der Waals surface area (Å²) in [5.41, 5.74) is -1.82. The maximum Gasteiger partial charge on any atom is 0.433 e. The summed E-state index contributed by atoms with van der Waals surface area (Å²) in [5, 5.41) is 19.8. The molecule has 3 N–H and O–H groups in total. The molecule has 0 aliphatic heterocycles. The Hall–Kier alpha value is -3.52. The summed E-state index contributed by atoms with van der Waals surface area (Å²) in [6.07, 6.45) is 0.705. The van der Waals surface area contributed by atoms with Crippen molar-refractivity contribution in [3.63, 3.8) is 0 Å². The monoisotopic (exact) mass is 537 g/mol. The van der Waals surface area contributed by atoms with Crippen molar-refractivity contribution in [3.05, 3.63) is 40.7 Å². The second-order valence-corrected chi connectivity index (χ2v) is 10.1. The van der Waals surface area contributed by atoms with Gasteiger partial charge in [0.25, 0.3) is 5.56 Å². The number of aromatic nitrogens is 5. The highest BCUT2D eigenvalue weighted by Gasteiger charge is 2.32. The molecule has 0 unspecified atom stereocenters. The van der Waals surface area contributed by atoms with Gasteiger partial charge in [0, 0.05) is 13.1 Å². The zero-order valence-corrected chi connectivity index (χ0v) is 21.2. The number of anilines is 2. The van der Waals surface area contributed by atoms with Crippen LogP contribution in [0.2, 0.25) is 0 Å². The van der Waals surface area contributed by atoms with Gasteiger partial charge in [-0.2, -0.15) is 18.3 Å². The number of amides is 1. The maximum atomic E-state index is 13.1. The highest BCUT2D eigenvalue weighted by Crippen LogP contribution is 2.29. The maximum absolute atomic E-state index is 13.1. The number of carbonyl (C=O) groups excluding carboxylic acids is 1. The first kappa shape index (κ1) is 27.5. The van der Waals surface area contributed by atoms with E-state index in [0.717, 1.165) is 37.9 Å². The fraction of sp³-hybridized carbons (Fsp3) is 0.542. The molecule has 14 heteroatoms. The van der Waals surface area contributed by atoms with E-state index in [1.807, 2.05) is 0 Å². The molecular formula is C24H30F3N7O4. The van der Waals surface area contributed by atoms with Crippen molar-refractivity contribution in [2.24, 2.45) is 7.05 Å². The van der Waals surface area contributed by atoms with Crippen LogP contribution < -0.4 is 16.2 Å². The molecular weight excluding hydrogens is 507 g/mol. The van der Waals surface area contributed by atoms with Crippen LogP contribution in [0.1, 0.15) is 45.2 Å². The van der Waals surface area contributed by atoms with E-state index in [0.29, 0.717) is 0 Å². The first-order valence-electron chi connectivity index (χ1n) is 12.2. The largest absolute Gasteiger partial charge is 0.433 e. The number of alkyl halides is 3. The van der Waals surface area contributed by atoms with E-state index >= 15 is 0 Å². The van der Waals surface area contributed by atoms with Gasteiger partial charge in [-0.05, 0) is 51.7 Å². The lowest BCUT2D eigenvalue weighted by Gasteiger charge is -2.30. The number of aliphatic hydroxyl groups is 1. The van der Waals surface area contributed by atoms with E-state index in [-0.39, 0.29) is 53.7 Å². The number of hydrogen-bond acceptors (Lipinski definition) is 8. The third kappa shape index (κ3) is 6.67. The number of rotatable bonds is 8. The van der Waals surface area contributed by atoms with Crippen molar-refractivity contribution >= 4 is 28.4 Å². The average Bonchev–Trinajstić information content (AvgIpc) is 3.15. The molecule has 38 heavy (non-hydrogen) atoms. The lowest BCUT2D eigenvalue weighted by atomic mass is 9.93. The molecule has 0 saturated heterocycles. The van der Waals surface area contributed by atoms with Crippen molar-refractivity contribution in [1.82, 2.24) is 29.6 Å². The van der Waals surface area contributed by atoms with E-state index in [1.54, 1.807) is 13.8 Å². The smallest absolute Gasteiger partial charge is 0.388 e. The minimum atomic E-state index is -4.55. The minimum Gasteiger partial charge on any atom is -0.388 e. The number of carbonyl (C=O) groups is 1. The summed E-state index contributed by atoms with van der Waals surface area (Å²) in [4.78, 5) is 33.4. The Morgan fingerprint density at radius 2 is 1.89 bits per heavy atom. The summed E-state index contributed by atoms with van der Waals surface area (Å²) in [6, 6.07) is 2.00. The minimum absolute atomic E-state index is 0.0369. The number of halogens is 3. The highest BCUT2D eigenvalue weighted by atomic mass is 19.4. The van der Waals surface area contributed by atoms with Gasteiger partial charge in [0.2, 0.25) is 5.91 Å². The van der Waals surface area contributed by atoms with Gasteiger partial charge in [0.15, 0.2) is 11.3 Å². The van der Waals surface area contributed by atoms with E-state index in [4.69, 9.17) is 4.74 Å². The third-order valence-corrected chi connectivity index (χ3v) is 6.15. The Bertz CT molecular complexity index is 1340. The summed E-state index contributed by atoms with van der Waals surface area (Å²) in [5.74, 6) is -0.160. The number of fused-ring (bicyclic) bond motifs is 1. The van der Waals surface area contributed by atoms with Crippen LogP contribution >= 0.6 is 0 Å². The molecule has 1 saturated carbocycles. The molecule has 3 aromatic heterocycles. The van der Waals surface area contributed by atoms with Crippen LogP contribution in [0, 0.1) is 0 Å². The molecule has 11 nitrogen and oxygen atoms in total. The molecule has 1 fully saturated rings. The predicted molar refractivity (Wildman–Crippen MR) is 132 cm³/mol. The molecule has 0 aromatic carbocycles. The topological polar surface area (TPSA) is 136 Å². The number of aryl methyl sites for hydroxylation is 1. The van der Waals surface area contributed by atoms with Crippen molar-refractivity contribution < 1.29 is 27.8 Å². The van der Waals surface area contributed by atoms with Crippen LogP contribution in [0.25, 0.3) is 11.0 Å². The van der Waals surface area contributed by atoms with E-state index < -0.39 is 23.0 Å². The van der Waals surface area contributed by atoms with E-state index in [1.165, 1.54) is 28.7 Å². The number of pyridine rings is 1. The number of hydrogen-bond donors (Lipinski definition) is 3. The van der Waals surface area contributed by atoms with Crippen LogP contribution in [0.5, 0.6) is 0 Å². The van der Waals surface area contributed by atoms with Gasteiger partial charge in [0.1, 0.15) is 17.8 Å². The Balaban J connectivity index is 1.38. The third-order valence-electron chi connectivity index (χ3n) is 6.15. The number of ether oxygens (including phenoxy) is 1. The molecule has 3 heterocycles. The number of nitrogens with zero attached hydrogens (tertiary/aromatic N) is 5. The molecule has 0 radical (unpaired) electrons. The molecule has 1 aliphatic rings. The quantitative estimate of drug-likeness (QED) is 0.399. The van der Waals surface area contributed by atoms with Crippen molar-refractivity contribution in [2.45, 2.75) is 70.0 Å². The Morgan fingerprint density at radius 3 is 2.50 bits per heavy atom. The van der Waals surface area contributed by atoms with E-state index in [9.17, 15) is 27.9 Å². The first-order valence-corrected chi connectivity index (χ1v) is 12.2. The molecule has 206 valence electrons. The van der Waals surface area contributed by atoms with Gasteiger partial charge in [-0.3, -0.25) is 18.8 Å². The average molecular weight is 538 g/mol. The molecule has 4 rings (SSSR count). The van der Waals surface area contributed by atoms with Gasteiger partial charge in [-0.1, -0.05) is 0 Å². The van der Waals surface area contributed by atoms with Crippen molar-refractivity contribution in [1.29, 1.82) is 0 Å². The second-order valence-electron chi connectivity index (χ2n) is 10.1. The summed E-state index contributed by atoms with van der Waals surface area (Å²) in [7, 11) is 1.53. The predicted octanol–water partition coefficient (Wildman–Crippen LogP) is 2.50. The second kappa shape index (κ2) is 10.7. The van der Waals surface area contributed by atoms with Crippen LogP contribution in [0.3, 0.4) is 0 Å². The highest BCUT2D eigenvalue weighted by molar-refractivity contribution is 5.87. The van der Waals surface area contributed by atoms with Crippen LogP contribution in [0.15, 0.2) is 29.5 Å². The lowest BCUT2D eigenvalue weighted by molar-refractivity contribution is -0.141. The van der Waals surface area contributed by atoms with Gasteiger partial charge < -0.3 is 20.5 Å². The van der Waals surface area contributed by atoms with Crippen LogP contribution in [-0.2, 0) is 29.3 Å². The molecule has 0 atom stereocenters. The fourth-order valence-corrected chi connectivity index (χ4v) is 4.28. The fourth-order valence-electron chi connectivity index (χ4n) is 4.28. The summed E-state index contributed by atoms with van der Waals surface area (Å²) >= 11 is 0. The van der Waals surface area contributed by atoms with Crippen molar-refractivity contribution in [2.75, 3.05) is 11.9 Å².